The summed E-state index contributed by atoms with van der Waals surface area (Å²) in [4.78, 5) is 12.5. The maximum Gasteiger partial charge on any atom is 0.251 e. The molecule has 2 aromatic rings. The molecule has 0 bridgehead atoms. The molecule has 154 valence electrons. The third-order valence-electron chi connectivity index (χ3n) is 4.82. The van der Waals surface area contributed by atoms with Crippen molar-refractivity contribution in [2.75, 3.05) is 19.9 Å². The van der Waals surface area contributed by atoms with E-state index in [0.29, 0.717) is 18.1 Å². The van der Waals surface area contributed by atoms with Crippen LogP contribution in [0.15, 0.2) is 47.4 Å². The monoisotopic (exact) mass is 418 g/mol. The minimum Gasteiger partial charge on any atom is -0.454 e. The Morgan fingerprint density at radius 1 is 1.10 bits per heavy atom. The van der Waals surface area contributed by atoms with Gasteiger partial charge in [0.2, 0.25) is 16.8 Å². The van der Waals surface area contributed by atoms with Crippen LogP contribution in [0, 0.1) is 0 Å². The van der Waals surface area contributed by atoms with Gasteiger partial charge < -0.3 is 19.5 Å². The number of fused-ring (bicyclic) bond motifs is 1. The lowest BCUT2D eigenvalue weighted by Gasteiger charge is -2.12. The van der Waals surface area contributed by atoms with Crippen LogP contribution in [0.25, 0.3) is 0 Å². The maximum absolute atomic E-state index is 12.5. The van der Waals surface area contributed by atoms with E-state index in [1.807, 2.05) is 6.07 Å². The summed E-state index contributed by atoms with van der Waals surface area (Å²) in [6.45, 7) is 1.35. The summed E-state index contributed by atoms with van der Waals surface area (Å²) in [7, 11) is -3.72. The van der Waals surface area contributed by atoms with Gasteiger partial charge in [-0.25, -0.2) is 13.1 Å². The molecule has 2 N–H and O–H groups in total. The molecule has 0 aliphatic carbocycles. The lowest BCUT2D eigenvalue weighted by molar-refractivity contribution is 0.0950. The minimum atomic E-state index is -3.72. The summed E-state index contributed by atoms with van der Waals surface area (Å²) >= 11 is 0. The molecule has 1 saturated heterocycles. The Hall–Kier alpha value is -2.62. The molecule has 1 atom stereocenters. The highest BCUT2D eigenvalue weighted by Crippen LogP contribution is 2.32. The van der Waals surface area contributed by atoms with E-state index in [1.54, 1.807) is 24.3 Å². The molecular formula is C20H22N2O6S. The summed E-state index contributed by atoms with van der Waals surface area (Å²) in [5.41, 5.74) is 1.12. The van der Waals surface area contributed by atoms with Crippen LogP contribution in [-0.4, -0.2) is 40.4 Å². The highest BCUT2D eigenvalue weighted by Gasteiger charge is 2.21. The lowest BCUT2D eigenvalue weighted by Crippen LogP contribution is -2.32. The fourth-order valence-corrected chi connectivity index (χ4v) is 4.34. The highest BCUT2D eigenvalue weighted by atomic mass is 32.2. The molecular weight excluding hydrogens is 396 g/mol. The van der Waals surface area contributed by atoms with E-state index in [-0.39, 0.29) is 42.4 Å². The molecule has 2 aliphatic rings. The van der Waals surface area contributed by atoms with E-state index in [0.717, 1.165) is 18.4 Å². The van der Waals surface area contributed by atoms with Crippen LogP contribution in [0.4, 0.5) is 0 Å². The first kappa shape index (κ1) is 19.7. The number of benzene rings is 2. The van der Waals surface area contributed by atoms with Crippen LogP contribution in [0.2, 0.25) is 0 Å². The Bertz CT molecular complexity index is 1000. The quantitative estimate of drug-likeness (QED) is 0.711. The molecule has 4 rings (SSSR count). The largest absolute Gasteiger partial charge is 0.454 e. The number of rotatable bonds is 7. The van der Waals surface area contributed by atoms with E-state index >= 15 is 0 Å². The third kappa shape index (κ3) is 4.69. The standard InChI is InChI=1S/C20H22N2O6S/c23-20(21-11-14-6-7-18-19(9-14)28-13-27-18)15-3-1-5-17(10-15)29(24,25)22-12-16-4-2-8-26-16/h1,3,5-7,9-10,16,22H,2,4,8,11-13H2,(H,21,23)/t16-/m0/s1. The summed E-state index contributed by atoms with van der Waals surface area (Å²) in [6.07, 6.45) is 1.67. The molecule has 0 unspecified atom stereocenters. The molecule has 0 spiro atoms. The summed E-state index contributed by atoms with van der Waals surface area (Å²) in [6, 6.07) is 11.4. The van der Waals surface area contributed by atoms with Gasteiger partial charge in [0.15, 0.2) is 11.5 Å². The van der Waals surface area contributed by atoms with Gasteiger partial charge in [-0.05, 0) is 48.7 Å². The molecule has 2 aliphatic heterocycles. The van der Waals surface area contributed by atoms with Crippen LogP contribution in [0.3, 0.4) is 0 Å². The zero-order chi connectivity index (χ0) is 20.3. The van der Waals surface area contributed by atoms with Crippen LogP contribution in [-0.2, 0) is 21.3 Å². The van der Waals surface area contributed by atoms with Crippen LogP contribution in [0.5, 0.6) is 11.5 Å². The number of amides is 1. The topological polar surface area (TPSA) is 103 Å². The normalized spacial score (nSPS) is 18.0. The Morgan fingerprint density at radius 2 is 1.97 bits per heavy atom. The van der Waals surface area contributed by atoms with Crippen molar-refractivity contribution in [2.45, 2.75) is 30.4 Å². The van der Waals surface area contributed by atoms with Gasteiger partial charge in [0.05, 0.1) is 11.0 Å². The van der Waals surface area contributed by atoms with Crippen molar-refractivity contribution < 1.29 is 27.4 Å². The first-order valence-corrected chi connectivity index (χ1v) is 10.9. The van der Waals surface area contributed by atoms with Crippen LogP contribution >= 0.6 is 0 Å². The zero-order valence-electron chi connectivity index (χ0n) is 15.7. The lowest BCUT2D eigenvalue weighted by atomic mass is 10.2. The molecule has 29 heavy (non-hydrogen) atoms. The van der Waals surface area contributed by atoms with Crippen molar-refractivity contribution in [3.63, 3.8) is 0 Å². The van der Waals surface area contributed by atoms with Gasteiger partial charge in [-0.1, -0.05) is 12.1 Å². The van der Waals surface area contributed by atoms with E-state index in [4.69, 9.17) is 14.2 Å². The van der Waals surface area contributed by atoms with Crippen molar-refractivity contribution in [2.24, 2.45) is 0 Å². The zero-order valence-corrected chi connectivity index (χ0v) is 16.5. The van der Waals surface area contributed by atoms with Crippen LogP contribution in [0.1, 0.15) is 28.8 Å². The van der Waals surface area contributed by atoms with Crippen LogP contribution < -0.4 is 19.5 Å². The highest BCUT2D eigenvalue weighted by molar-refractivity contribution is 7.89. The summed E-state index contributed by atoms with van der Waals surface area (Å²) < 4.78 is 43.6. The molecule has 2 heterocycles. The molecule has 0 saturated carbocycles. The number of nitrogens with one attached hydrogen (secondary N) is 2. The fraction of sp³-hybridized carbons (Fsp3) is 0.350. The van der Waals surface area contributed by atoms with E-state index in [1.165, 1.54) is 12.1 Å². The number of carbonyl (C=O) groups excluding carboxylic acids is 1. The number of hydrogen-bond acceptors (Lipinski definition) is 6. The van der Waals surface area contributed by atoms with E-state index in [2.05, 4.69) is 10.0 Å². The van der Waals surface area contributed by atoms with E-state index in [9.17, 15) is 13.2 Å². The average Bonchev–Trinajstić information content (AvgIpc) is 3.42. The smallest absolute Gasteiger partial charge is 0.251 e. The first-order chi connectivity index (χ1) is 14.0. The molecule has 0 aromatic heterocycles. The second kappa shape index (κ2) is 8.40. The minimum absolute atomic E-state index is 0.0474. The number of hydrogen-bond donors (Lipinski definition) is 2. The Balaban J connectivity index is 1.38. The van der Waals surface area contributed by atoms with Crippen molar-refractivity contribution in [3.05, 3.63) is 53.6 Å². The summed E-state index contributed by atoms with van der Waals surface area (Å²) in [5, 5.41) is 2.79. The number of sulfonamides is 1. The SMILES string of the molecule is O=C(NCc1ccc2c(c1)OCO2)c1cccc(S(=O)(=O)NC[C@@H]2CCCO2)c1. The van der Waals surface area contributed by atoms with Gasteiger partial charge in [-0.3, -0.25) is 4.79 Å². The van der Waals surface area contributed by atoms with Crippen molar-refractivity contribution >= 4 is 15.9 Å². The Morgan fingerprint density at radius 3 is 2.79 bits per heavy atom. The predicted molar refractivity (Wildman–Crippen MR) is 104 cm³/mol. The molecule has 0 radical (unpaired) electrons. The second-order valence-corrected chi connectivity index (χ2v) is 8.65. The maximum atomic E-state index is 12.5. The van der Waals surface area contributed by atoms with Gasteiger partial charge in [-0.2, -0.15) is 0 Å². The van der Waals surface area contributed by atoms with Gasteiger partial charge in [0.25, 0.3) is 5.91 Å². The summed E-state index contributed by atoms with van der Waals surface area (Å²) in [5.74, 6) is 0.953. The van der Waals surface area contributed by atoms with Crippen molar-refractivity contribution in [3.8, 4) is 11.5 Å². The van der Waals surface area contributed by atoms with Crippen molar-refractivity contribution in [1.29, 1.82) is 0 Å². The molecule has 1 amide bonds. The van der Waals surface area contributed by atoms with Gasteiger partial charge in [-0.15, -0.1) is 0 Å². The molecule has 2 aromatic carbocycles. The molecule has 9 heteroatoms. The Labute approximate surface area is 169 Å². The van der Waals surface area contributed by atoms with Crippen molar-refractivity contribution in [1.82, 2.24) is 10.0 Å². The third-order valence-corrected chi connectivity index (χ3v) is 6.24. The second-order valence-electron chi connectivity index (χ2n) is 6.89. The average molecular weight is 418 g/mol. The fourth-order valence-electron chi connectivity index (χ4n) is 3.23. The van der Waals surface area contributed by atoms with Gasteiger partial charge in [0, 0.05) is 25.3 Å². The first-order valence-electron chi connectivity index (χ1n) is 9.39. The van der Waals surface area contributed by atoms with Gasteiger partial charge in [0.1, 0.15) is 0 Å². The predicted octanol–water partition coefficient (Wildman–Crippen LogP) is 1.80. The number of ether oxygens (including phenoxy) is 3. The Kier molecular flexibility index (Phi) is 5.70. The van der Waals surface area contributed by atoms with E-state index < -0.39 is 10.0 Å². The molecule has 1 fully saturated rings. The number of carbonyl (C=O) groups is 1. The van der Waals surface area contributed by atoms with Gasteiger partial charge >= 0.3 is 0 Å². The molecule has 8 nitrogen and oxygen atoms in total.